The van der Waals surface area contributed by atoms with Crippen LogP contribution in [0, 0.1) is 17.6 Å². The summed E-state index contributed by atoms with van der Waals surface area (Å²) in [6.07, 6.45) is 0.193. The number of amides is 1. The molecular weight excluding hydrogens is 388 g/mol. The first-order chi connectivity index (χ1) is 13.0. The number of nitrogens with zero attached hydrogens (tertiary/aromatic N) is 2. The number of imidazole rings is 1. The van der Waals surface area contributed by atoms with Crippen molar-refractivity contribution in [3.63, 3.8) is 0 Å². The van der Waals surface area contributed by atoms with Gasteiger partial charge < -0.3 is 4.57 Å². The lowest BCUT2D eigenvalue weighted by molar-refractivity contribution is -0.313. The molecule has 0 aliphatic heterocycles. The largest absolute Gasteiger partial charge is 0.313 e. The Hall–Kier alpha value is -2.26. The molecule has 1 N–H and O–H groups in total. The predicted octanol–water partition coefficient (Wildman–Crippen LogP) is 4.83. The topological polar surface area (TPSA) is 46.9 Å². The Bertz CT molecular complexity index is 966. The average molecular weight is 405 g/mol. The van der Waals surface area contributed by atoms with Crippen molar-refractivity contribution in [2.75, 3.05) is 5.32 Å². The number of nitrogens with one attached hydrogen (secondary N) is 1. The van der Waals surface area contributed by atoms with Crippen LogP contribution in [0.25, 0.3) is 11.0 Å². The highest BCUT2D eigenvalue weighted by Crippen LogP contribution is 2.56. The van der Waals surface area contributed by atoms with Crippen LogP contribution in [0.15, 0.2) is 12.1 Å². The molecular formula is C18H17F6N3O. The summed E-state index contributed by atoms with van der Waals surface area (Å²) in [7, 11) is 0. The maximum Gasteiger partial charge on any atom is 0.313 e. The zero-order valence-corrected chi connectivity index (χ0v) is 14.8. The third-order valence-corrected chi connectivity index (χ3v) is 5.87. The summed E-state index contributed by atoms with van der Waals surface area (Å²) in [5.74, 6) is -13.4. The lowest BCUT2D eigenvalue weighted by atomic mass is 9.74. The molecule has 0 bridgehead atoms. The number of fused-ring (bicyclic) bond motifs is 1. The Morgan fingerprint density at radius 3 is 2.46 bits per heavy atom. The second-order valence-corrected chi connectivity index (χ2v) is 7.83. The monoisotopic (exact) mass is 405 g/mol. The number of alkyl halides is 4. The molecule has 28 heavy (non-hydrogen) atoms. The first-order valence-electron chi connectivity index (χ1n) is 8.89. The summed E-state index contributed by atoms with van der Waals surface area (Å²) in [5.41, 5.74) is -0.653. The summed E-state index contributed by atoms with van der Waals surface area (Å²) in [6.45, 7) is 1.79. The quantitative estimate of drug-likeness (QED) is 0.741. The Morgan fingerprint density at radius 1 is 1.25 bits per heavy atom. The van der Waals surface area contributed by atoms with Crippen molar-refractivity contribution in [3.8, 4) is 0 Å². The third-order valence-electron chi connectivity index (χ3n) is 5.87. The van der Waals surface area contributed by atoms with E-state index in [0.29, 0.717) is 12.8 Å². The van der Waals surface area contributed by atoms with Gasteiger partial charge in [-0.3, -0.25) is 10.1 Å². The second-order valence-electron chi connectivity index (χ2n) is 7.83. The van der Waals surface area contributed by atoms with Crippen LogP contribution in [0.3, 0.4) is 0 Å². The summed E-state index contributed by atoms with van der Waals surface area (Å²) < 4.78 is 82.3. The van der Waals surface area contributed by atoms with E-state index in [1.807, 2.05) is 0 Å². The molecule has 1 atom stereocenters. The lowest BCUT2D eigenvalue weighted by Crippen LogP contribution is -2.59. The summed E-state index contributed by atoms with van der Waals surface area (Å²) in [4.78, 5) is 16.3. The summed E-state index contributed by atoms with van der Waals surface area (Å²) in [6, 6.07) is 2.16. The van der Waals surface area contributed by atoms with Crippen LogP contribution < -0.4 is 5.32 Å². The molecule has 1 unspecified atom stereocenters. The molecule has 10 heteroatoms. The van der Waals surface area contributed by atoms with Gasteiger partial charge in [-0.2, -0.15) is 17.6 Å². The van der Waals surface area contributed by atoms with Crippen molar-refractivity contribution < 1.29 is 31.1 Å². The van der Waals surface area contributed by atoms with Crippen LogP contribution in [-0.2, 0) is 10.3 Å². The number of rotatable bonds is 4. The average Bonchev–Trinajstić information content (AvgIpc) is 2.94. The van der Waals surface area contributed by atoms with Crippen LogP contribution in [-0.4, -0.2) is 27.3 Å². The lowest BCUT2D eigenvalue weighted by Gasteiger charge is -2.43. The van der Waals surface area contributed by atoms with Crippen LogP contribution >= 0.6 is 0 Å². The van der Waals surface area contributed by atoms with Gasteiger partial charge in [0, 0.05) is 24.3 Å². The molecule has 1 heterocycles. The highest BCUT2D eigenvalue weighted by molar-refractivity contribution is 5.92. The third kappa shape index (κ3) is 2.60. The van der Waals surface area contributed by atoms with E-state index < -0.39 is 53.7 Å². The van der Waals surface area contributed by atoms with Gasteiger partial charge in [-0.25, -0.2) is 13.8 Å². The molecule has 2 aromatic rings. The van der Waals surface area contributed by atoms with E-state index >= 15 is 0 Å². The molecule has 2 saturated carbocycles. The number of anilines is 1. The van der Waals surface area contributed by atoms with E-state index in [4.69, 9.17) is 0 Å². The number of halogens is 6. The minimum Gasteiger partial charge on any atom is -0.301 e. The number of benzene rings is 1. The molecule has 0 radical (unpaired) electrons. The zero-order chi connectivity index (χ0) is 20.5. The van der Waals surface area contributed by atoms with E-state index in [1.54, 1.807) is 6.92 Å². The highest BCUT2D eigenvalue weighted by Gasteiger charge is 2.71. The Labute approximate surface area is 155 Å². The first-order valence-corrected chi connectivity index (χ1v) is 8.89. The first kappa shape index (κ1) is 19.1. The van der Waals surface area contributed by atoms with E-state index in [1.165, 1.54) is 10.6 Å². The van der Waals surface area contributed by atoms with E-state index in [2.05, 4.69) is 10.3 Å². The fourth-order valence-electron chi connectivity index (χ4n) is 3.97. The predicted molar refractivity (Wildman–Crippen MR) is 88.4 cm³/mol. The molecule has 0 spiro atoms. The van der Waals surface area contributed by atoms with Crippen molar-refractivity contribution in [2.24, 2.45) is 5.92 Å². The van der Waals surface area contributed by atoms with Gasteiger partial charge in [0.15, 0.2) is 11.6 Å². The van der Waals surface area contributed by atoms with Crippen molar-refractivity contribution in [1.29, 1.82) is 0 Å². The Kier molecular flexibility index (Phi) is 4.00. The number of carbonyl (C=O) groups excluding carboxylic acids is 1. The van der Waals surface area contributed by atoms with Gasteiger partial charge in [0.25, 0.3) is 0 Å². The smallest absolute Gasteiger partial charge is 0.301 e. The van der Waals surface area contributed by atoms with Gasteiger partial charge >= 0.3 is 11.8 Å². The van der Waals surface area contributed by atoms with Crippen LogP contribution in [0.5, 0.6) is 0 Å². The van der Waals surface area contributed by atoms with Gasteiger partial charge in [-0.1, -0.05) is 0 Å². The molecule has 152 valence electrons. The summed E-state index contributed by atoms with van der Waals surface area (Å²) >= 11 is 0. The van der Waals surface area contributed by atoms with Gasteiger partial charge in [0.2, 0.25) is 11.9 Å². The van der Waals surface area contributed by atoms with Crippen molar-refractivity contribution in [2.45, 2.75) is 56.4 Å². The zero-order valence-electron chi connectivity index (χ0n) is 14.8. The number of aromatic nitrogens is 2. The maximum absolute atomic E-state index is 14.4. The molecule has 2 aliphatic carbocycles. The van der Waals surface area contributed by atoms with Crippen LogP contribution in [0.2, 0.25) is 0 Å². The van der Waals surface area contributed by atoms with Gasteiger partial charge in [0.1, 0.15) is 5.52 Å². The van der Waals surface area contributed by atoms with Gasteiger partial charge in [0.05, 0.1) is 5.52 Å². The number of hydrogen-bond donors (Lipinski definition) is 1. The van der Waals surface area contributed by atoms with Crippen LogP contribution in [0.1, 0.15) is 39.0 Å². The van der Waals surface area contributed by atoms with E-state index in [9.17, 15) is 31.1 Å². The molecule has 4 nitrogen and oxygen atoms in total. The van der Waals surface area contributed by atoms with Gasteiger partial charge in [-0.15, -0.1) is 0 Å². The Morgan fingerprint density at radius 2 is 1.93 bits per heavy atom. The highest BCUT2D eigenvalue weighted by atomic mass is 19.3. The minimum absolute atomic E-state index is 0.0998. The SMILES string of the molecule is CC1(n2c(NC(=O)CC3CC(F)(F)C3(F)F)nc3ccc(F)c(F)c32)CCC1. The second kappa shape index (κ2) is 5.87. The molecule has 4 rings (SSSR count). The normalized spacial score (nSPS) is 24.5. The van der Waals surface area contributed by atoms with Crippen molar-refractivity contribution in [3.05, 3.63) is 23.8 Å². The van der Waals surface area contributed by atoms with E-state index in [0.717, 1.165) is 12.5 Å². The molecule has 2 fully saturated rings. The van der Waals surface area contributed by atoms with Crippen molar-refractivity contribution >= 4 is 22.9 Å². The molecule has 1 aromatic heterocycles. The molecule has 1 amide bonds. The Balaban J connectivity index is 1.65. The maximum atomic E-state index is 14.4. The number of hydrogen-bond acceptors (Lipinski definition) is 2. The standard InChI is InChI=1S/C18H17F6N3O/c1-16(5-2-6-16)27-14-11(4-3-10(19)13(14)20)25-15(27)26-12(28)7-9-8-17(21,22)18(9,23)24/h3-4,9H,2,5-8H2,1H3,(H,25,26,28). The van der Waals surface area contributed by atoms with E-state index in [-0.39, 0.29) is 17.0 Å². The molecule has 1 aromatic carbocycles. The molecule has 2 aliphatic rings. The van der Waals surface area contributed by atoms with Crippen LogP contribution in [0.4, 0.5) is 32.3 Å². The van der Waals surface area contributed by atoms with Gasteiger partial charge in [-0.05, 0) is 38.3 Å². The fourth-order valence-corrected chi connectivity index (χ4v) is 3.97. The fraction of sp³-hybridized carbons (Fsp3) is 0.556. The molecule has 0 saturated heterocycles. The number of carbonyl (C=O) groups is 1. The van der Waals surface area contributed by atoms with Crippen molar-refractivity contribution in [1.82, 2.24) is 9.55 Å². The minimum atomic E-state index is -4.25. The summed E-state index contributed by atoms with van der Waals surface area (Å²) in [5, 5.41) is 2.33.